The van der Waals surface area contributed by atoms with Gasteiger partial charge in [-0.3, -0.25) is 9.55 Å². The largest absolute Gasteiger partial charge is 0.311 e. The Hall–Kier alpha value is -6.79. The van der Waals surface area contributed by atoms with E-state index in [0.717, 1.165) is 62.1 Å². The molecule has 0 N–H and O–H groups in total. The molecule has 0 bridgehead atoms. The van der Waals surface area contributed by atoms with E-state index in [2.05, 4.69) is 179 Å². The molecular weight excluding hydrogens is 613 g/mol. The molecule has 50 heavy (non-hydrogen) atoms. The Morgan fingerprint density at radius 1 is 0.460 bits per heavy atom. The van der Waals surface area contributed by atoms with Crippen LogP contribution in [0.15, 0.2) is 176 Å². The predicted octanol–water partition coefficient (Wildman–Crippen LogP) is 10.9. The second-order valence-electron chi connectivity index (χ2n) is 12.3. The summed E-state index contributed by atoms with van der Waals surface area (Å²) in [7, 11) is 0. The van der Waals surface area contributed by atoms with Crippen LogP contribution in [0, 0.1) is 6.92 Å². The number of fused-ring (bicyclic) bond motifs is 3. The van der Waals surface area contributed by atoms with Crippen molar-refractivity contribution in [3.63, 3.8) is 0 Å². The van der Waals surface area contributed by atoms with Crippen LogP contribution in [0.4, 0.5) is 17.1 Å². The zero-order chi connectivity index (χ0) is 33.4. The van der Waals surface area contributed by atoms with E-state index >= 15 is 0 Å². The van der Waals surface area contributed by atoms with E-state index in [0.29, 0.717) is 5.82 Å². The van der Waals surface area contributed by atoms with Crippen molar-refractivity contribution in [2.75, 3.05) is 4.90 Å². The minimum absolute atomic E-state index is 0.674. The van der Waals surface area contributed by atoms with Crippen LogP contribution >= 0.6 is 0 Å². The molecule has 0 saturated carbocycles. The standard InChI is InChI=1S/C44H32N6/c1-31-13-12-18-36(29-31)50-43(32-23-25-35(26-24-32)48(33-14-4-2-5-15-33)34-16-6-3-7-17-34)46-47-44(50)40-30-37(27-28-45-40)49-41-21-10-8-19-38(41)39-20-9-11-22-42(39)49/h2-30H,1H3. The van der Waals surface area contributed by atoms with Crippen molar-refractivity contribution in [2.45, 2.75) is 6.92 Å². The van der Waals surface area contributed by atoms with E-state index in [1.807, 2.05) is 18.3 Å². The molecule has 0 unspecified atom stereocenters. The first kappa shape index (κ1) is 29.4. The summed E-state index contributed by atoms with van der Waals surface area (Å²) in [5.74, 6) is 1.42. The molecule has 6 aromatic carbocycles. The first-order chi connectivity index (χ1) is 24.7. The summed E-state index contributed by atoms with van der Waals surface area (Å²) < 4.78 is 4.42. The van der Waals surface area contributed by atoms with E-state index in [1.165, 1.54) is 10.8 Å². The van der Waals surface area contributed by atoms with Gasteiger partial charge in [0.2, 0.25) is 0 Å². The first-order valence-corrected chi connectivity index (χ1v) is 16.7. The molecule has 3 heterocycles. The Morgan fingerprint density at radius 2 is 1.02 bits per heavy atom. The highest BCUT2D eigenvalue weighted by atomic mass is 15.3. The number of benzene rings is 6. The molecule has 0 radical (unpaired) electrons. The molecule has 0 atom stereocenters. The monoisotopic (exact) mass is 644 g/mol. The molecule has 9 aromatic rings. The third kappa shape index (κ3) is 5.11. The Morgan fingerprint density at radius 3 is 1.66 bits per heavy atom. The zero-order valence-corrected chi connectivity index (χ0v) is 27.4. The van der Waals surface area contributed by atoms with Crippen molar-refractivity contribution in [1.82, 2.24) is 24.3 Å². The SMILES string of the molecule is Cc1cccc(-n2c(-c3ccc(N(c4ccccc4)c4ccccc4)cc3)nnc2-c2cc(-n3c4ccccc4c4ccccc43)ccn2)c1. The lowest BCUT2D eigenvalue weighted by molar-refractivity contribution is 1.05. The van der Waals surface area contributed by atoms with Crippen LogP contribution in [0.25, 0.3) is 56.1 Å². The van der Waals surface area contributed by atoms with Gasteiger partial charge in [-0.25, -0.2) is 0 Å². The van der Waals surface area contributed by atoms with Gasteiger partial charge in [-0.2, -0.15) is 0 Å². The summed E-state index contributed by atoms with van der Waals surface area (Å²) in [6.07, 6.45) is 1.86. The maximum absolute atomic E-state index is 4.86. The fourth-order valence-corrected chi connectivity index (χ4v) is 6.89. The average molecular weight is 645 g/mol. The van der Waals surface area contributed by atoms with Gasteiger partial charge in [0.15, 0.2) is 11.6 Å². The number of hydrogen-bond donors (Lipinski definition) is 0. The lowest BCUT2D eigenvalue weighted by Gasteiger charge is -2.25. The molecule has 6 nitrogen and oxygen atoms in total. The third-order valence-corrected chi connectivity index (χ3v) is 9.15. The maximum Gasteiger partial charge on any atom is 0.187 e. The van der Waals surface area contributed by atoms with Crippen molar-refractivity contribution in [3.05, 3.63) is 182 Å². The summed E-state index contributed by atoms with van der Waals surface area (Å²) in [6, 6.07) is 59.0. The highest BCUT2D eigenvalue weighted by Crippen LogP contribution is 2.37. The van der Waals surface area contributed by atoms with E-state index in [-0.39, 0.29) is 0 Å². The number of rotatable bonds is 7. The van der Waals surface area contributed by atoms with E-state index < -0.39 is 0 Å². The second kappa shape index (κ2) is 12.3. The smallest absolute Gasteiger partial charge is 0.187 e. The van der Waals surface area contributed by atoms with Crippen LogP contribution < -0.4 is 4.90 Å². The lowest BCUT2D eigenvalue weighted by Crippen LogP contribution is -2.09. The van der Waals surface area contributed by atoms with E-state index in [4.69, 9.17) is 15.2 Å². The van der Waals surface area contributed by atoms with Crippen molar-refractivity contribution in [1.29, 1.82) is 0 Å². The van der Waals surface area contributed by atoms with Gasteiger partial charge in [-0.1, -0.05) is 84.9 Å². The van der Waals surface area contributed by atoms with Crippen LogP contribution in [-0.2, 0) is 0 Å². The van der Waals surface area contributed by atoms with Gasteiger partial charge in [-0.15, -0.1) is 10.2 Å². The lowest BCUT2D eigenvalue weighted by atomic mass is 10.1. The van der Waals surface area contributed by atoms with Gasteiger partial charge < -0.3 is 9.47 Å². The van der Waals surface area contributed by atoms with Gasteiger partial charge in [0, 0.05) is 51.0 Å². The molecule has 0 aliphatic rings. The number of aromatic nitrogens is 5. The zero-order valence-electron chi connectivity index (χ0n) is 27.4. The summed E-state index contributed by atoms with van der Waals surface area (Å²) in [6.45, 7) is 2.10. The number of hydrogen-bond acceptors (Lipinski definition) is 4. The van der Waals surface area contributed by atoms with Crippen LogP contribution in [-0.4, -0.2) is 24.3 Å². The van der Waals surface area contributed by atoms with Crippen LogP contribution in [0.2, 0.25) is 0 Å². The Labute approximate surface area is 290 Å². The average Bonchev–Trinajstić information content (AvgIpc) is 3.77. The minimum atomic E-state index is 0.674. The number of para-hydroxylation sites is 4. The van der Waals surface area contributed by atoms with Crippen LogP contribution in [0.3, 0.4) is 0 Å². The van der Waals surface area contributed by atoms with Gasteiger partial charge in [0.05, 0.1) is 11.0 Å². The molecule has 3 aromatic heterocycles. The van der Waals surface area contributed by atoms with Crippen molar-refractivity contribution in [3.8, 4) is 34.3 Å². The molecular formula is C44H32N6. The molecule has 0 amide bonds. The summed E-state index contributed by atoms with van der Waals surface area (Å²) >= 11 is 0. The molecule has 0 saturated heterocycles. The van der Waals surface area contributed by atoms with Crippen LogP contribution in [0.1, 0.15) is 5.56 Å². The van der Waals surface area contributed by atoms with E-state index in [1.54, 1.807) is 0 Å². The molecule has 238 valence electrons. The highest BCUT2D eigenvalue weighted by molar-refractivity contribution is 6.09. The molecule has 6 heteroatoms. The Balaban J connectivity index is 1.17. The quantitative estimate of drug-likeness (QED) is 0.173. The minimum Gasteiger partial charge on any atom is -0.311 e. The van der Waals surface area contributed by atoms with E-state index in [9.17, 15) is 0 Å². The summed E-state index contributed by atoms with van der Waals surface area (Å²) in [5, 5.41) is 12.0. The Bertz CT molecular complexity index is 2510. The van der Waals surface area contributed by atoms with Gasteiger partial charge >= 0.3 is 0 Å². The molecule has 0 spiro atoms. The van der Waals surface area contributed by atoms with Crippen molar-refractivity contribution >= 4 is 38.9 Å². The number of nitrogens with zero attached hydrogens (tertiary/aromatic N) is 6. The summed E-state index contributed by atoms with van der Waals surface area (Å²) in [5.41, 5.74) is 10.3. The fourth-order valence-electron chi connectivity index (χ4n) is 6.89. The van der Waals surface area contributed by atoms with Crippen LogP contribution in [0.5, 0.6) is 0 Å². The highest BCUT2D eigenvalue weighted by Gasteiger charge is 2.21. The predicted molar refractivity (Wildman–Crippen MR) is 204 cm³/mol. The number of aryl methyl sites for hydroxylation is 1. The van der Waals surface area contributed by atoms with Crippen molar-refractivity contribution in [2.24, 2.45) is 0 Å². The second-order valence-corrected chi connectivity index (χ2v) is 12.3. The van der Waals surface area contributed by atoms with Gasteiger partial charge in [0.25, 0.3) is 0 Å². The maximum atomic E-state index is 4.86. The normalized spacial score (nSPS) is 11.3. The van der Waals surface area contributed by atoms with Crippen molar-refractivity contribution < 1.29 is 0 Å². The molecule has 0 aliphatic carbocycles. The first-order valence-electron chi connectivity index (χ1n) is 16.7. The summed E-state index contributed by atoms with van der Waals surface area (Å²) in [4.78, 5) is 7.11. The molecule has 9 rings (SSSR count). The fraction of sp³-hybridized carbons (Fsp3) is 0.0227. The molecule has 0 aliphatic heterocycles. The van der Waals surface area contributed by atoms with Gasteiger partial charge in [-0.05, 0) is 97.4 Å². The molecule has 0 fully saturated rings. The topological polar surface area (TPSA) is 51.8 Å². The third-order valence-electron chi connectivity index (χ3n) is 9.15. The Kier molecular flexibility index (Phi) is 7.25. The van der Waals surface area contributed by atoms with Gasteiger partial charge in [0.1, 0.15) is 5.69 Å². The number of pyridine rings is 1. The number of anilines is 3.